The van der Waals surface area contributed by atoms with Gasteiger partial charge in [0.25, 0.3) is 0 Å². The van der Waals surface area contributed by atoms with Crippen LogP contribution in [0.4, 0.5) is 4.39 Å². The van der Waals surface area contributed by atoms with Crippen LogP contribution in [-0.4, -0.2) is 41.8 Å². The molecule has 2 aromatic rings. The summed E-state index contributed by atoms with van der Waals surface area (Å²) in [4.78, 5) is 14.4. The maximum absolute atomic E-state index is 13.1. The van der Waals surface area contributed by atoms with Gasteiger partial charge in [0.15, 0.2) is 0 Å². The maximum atomic E-state index is 13.1. The van der Waals surface area contributed by atoms with Gasteiger partial charge in [-0.3, -0.25) is 4.90 Å². The van der Waals surface area contributed by atoms with Gasteiger partial charge in [-0.25, -0.2) is 9.18 Å². The third-order valence-corrected chi connectivity index (χ3v) is 5.78. The Bertz CT molecular complexity index is 859. The van der Waals surface area contributed by atoms with Crippen molar-refractivity contribution in [3.05, 3.63) is 65.0 Å². The number of carbonyl (C=O) groups is 1. The summed E-state index contributed by atoms with van der Waals surface area (Å²) < 4.78 is 24.3. The zero-order valence-corrected chi connectivity index (χ0v) is 15.9. The van der Waals surface area contributed by atoms with Crippen LogP contribution in [0.3, 0.4) is 0 Å². The number of esters is 1. The number of hydrogen-bond donors (Lipinski definition) is 1. The molecule has 1 fully saturated rings. The van der Waals surface area contributed by atoms with Crippen LogP contribution in [0.5, 0.6) is 5.75 Å². The lowest BCUT2D eigenvalue weighted by Gasteiger charge is -2.46. The second-order valence-corrected chi connectivity index (χ2v) is 7.62. The normalized spacial score (nSPS) is 21.0. The van der Waals surface area contributed by atoms with Gasteiger partial charge in [0.2, 0.25) is 0 Å². The molecule has 2 aliphatic rings. The Morgan fingerprint density at radius 2 is 1.96 bits per heavy atom. The topological polar surface area (TPSA) is 59.0 Å². The number of halogens is 1. The number of piperidine rings is 1. The highest BCUT2D eigenvalue weighted by Gasteiger charge is 2.44. The third-order valence-electron chi connectivity index (χ3n) is 5.78. The number of methoxy groups -OCH3 is 1. The molecule has 1 N–H and O–H groups in total. The molecular formula is C22H24FNO4. The van der Waals surface area contributed by atoms with E-state index < -0.39 is 17.7 Å². The molecule has 1 atom stereocenters. The van der Waals surface area contributed by atoms with Gasteiger partial charge in [-0.1, -0.05) is 24.3 Å². The van der Waals surface area contributed by atoms with Crippen molar-refractivity contribution in [2.75, 3.05) is 20.2 Å². The van der Waals surface area contributed by atoms with E-state index in [1.54, 1.807) is 30.3 Å². The first-order chi connectivity index (χ1) is 13.5. The van der Waals surface area contributed by atoms with Crippen molar-refractivity contribution < 1.29 is 23.8 Å². The third kappa shape index (κ3) is 3.62. The number of fused-ring (bicyclic) bond motifs is 1. The van der Waals surface area contributed by atoms with Crippen LogP contribution in [0, 0.1) is 5.82 Å². The molecule has 4 rings (SSSR count). The van der Waals surface area contributed by atoms with Gasteiger partial charge in [0, 0.05) is 31.6 Å². The highest BCUT2D eigenvalue weighted by molar-refractivity contribution is 5.93. The van der Waals surface area contributed by atoms with Crippen LogP contribution < -0.4 is 4.74 Å². The number of aliphatic hydroxyl groups excluding tert-OH is 1. The molecule has 0 radical (unpaired) electrons. The van der Waals surface area contributed by atoms with Crippen LogP contribution in [0.1, 0.15) is 46.9 Å². The lowest BCUT2D eigenvalue weighted by molar-refractivity contribution is -0.0557. The molecule has 5 nitrogen and oxygen atoms in total. The molecule has 28 heavy (non-hydrogen) atoms. The van der Waals surface area contributed by atoms with Gasteiger partial charge in [-0.15, -0.1) is 0 Å². The number of benzene rings is 2. The first-order valence-corrected chi connectivity index (χ1v) is 9.55. The highest BCUT2D eigenvalue weighted by Crippen LogP contribution is 2.46. The summed E-state index contributed by atoms with van der Waals surface area (Å²) in [6.07, 6.45) is 1.34. The molecular weight excluding hydrogens is 361 g/mol. The molecule has 1 saturated heterocycles. The number of aliphatic hydroxyl groups is 1. The summed E-state index contributed by atoms with van der Waals surface area (Å²) >= 11 is 0. The average molecular weight is 385 g/mol. The Morgan fingerprint density at radius 1 is 1.25 bits per heavy atom. The van der Waals surface area contributed by atoms with Gasteiger partial charge in [0.1, 0.15) is 22.7 Å². The van der Waals surface area contributed by atoms with Crippen molar-refractivity contribution in [3.63, 3.8) is 0 Å². The zero-order chi connectivity index (χ0) is 19.7. The molecule has 2 aromatic carbocycles. The van der Waals surface area contributed by atoms with Crippen molar-refractivity contribution in [2.45, 2.75) is 37.5 Å². The Kier molecular flexibility index (Phi) is 5.08. The average Bonchev–Trinajstić information content (AvgIpc) is 2.71. The molecule has 1 spiro atoms. The van der Waals surface area contributed by atoms with Crippen molar-refractivity contribution >= 4 is 5.97 Å². The number of rotatable bonds is 3. The molecule has 1 unspecified atom stereocenters. The molecule has 0 saturated carbocycles. The van der Waals surface area contributed by atoms with E-state index in [1.165, 1.54) is 19.2 Å². The second kappa shape index (κ2) is 7.53. The van der Waals surface area contributed by atoms with Gasteiger partial charge in [-0.05, 0) is 36.6 Å². The van der Waals surface area contributed by atoms with Crippen molar-refractivity contribution in [2.24, 2.45) is 0 Å². The van der Waals surface area contributed by atoms with E-state index in [1.807, 2.05) is 0 Å². The van der Waals surface area contributed by atoms with E-state index in [-0.39, 0.29) is 5.82 Å². The smallest absolute Gasteiger partial charge is 0.341 e. The lowest BCUT2D eigenvalue weighted by atomic mass is 9.81. The van der Waals surface area contributed by atoms with Gasteiger partial charge in [0.05, 0.1) is 13.2 Å². The summed E-state index contributed by atoms with van der Waals surface area (Å²) in [5.41, 5.74) is 1.57. The van der Waals surface area contributed by atoms with E-state index in [9.17, 15) is 14.3 Å². The van der Waals surface area contributed by atoms with E-state index >= 15 is 0 Å². The second-order valence-electron chi connectivity index (χ2n) is 7.62. The molecule has 2 heterocycles. The fourth-order valence-corrected chi connectivity index (χ4v) is 4.20. The highest BCUT2D eigenvalue weighted by atomic mass is 19.1. The number of ether oxygens (including phenoxy) is 2. The number of nitrogens with zero attached hydrogens (tertiary/aromatic N) is 1. The summed E-state index contributed by atoms with van der Waals surface area (Å²) in [5.74, 6) is -0.249. The quantitative estimate of drug-likeness (QED) is 0.820. The maximum Gasteiger partial charge on any atom is 0.341 e. The lowest BCUT2D eigenvalue weighted by Crippen LogP contribution is -2.50. The monoisotopic (exact) mass is 385 g/mol. The predicted molar refractivity (Wildman–Crippen MR) is 102 cm³/mol. The Balaban J connectivity index is 1.49. The van der Waals surface area contributed by atoms with Crippen LogP contribution >= 0.6 is 0 Å². The number of likely N-dealkylation sites (tertiary alicyclic amines) is 1. The summed E-state index contributed by atoms with van der Waals surface area (Å²) in [5, 5.41) is 10.7. The fraction of sp³-hybridized carbons (Fsp3) is 0.409. The molecule has 0 amide bonds. The Morgan fingerprint density at radius 3 is 2.64 bits per heavy atom. The number of hydrogen-bond acceptors (Lipinski definition) is 5. The summed E-state index contributed by atoms with van der Waals surface area (Å²) in [6, 6.07) is 11.8. The van der Waals surface area contributed by atoms with Crippen molar-refractivity contribution in [1.29, 1.82) is 0 Å². The first-order valence-electron chi connectivity index (χ1n) is 9.55. The molecule has 0 bridgehead atoms. The fourth-order valence-electron chi connectivity index (χ4n) is 4.20. The molecule has 2 aliphatic heterocycles. The Labute approximate surface area is 163 Å². The van der Waals surface area contributed by atoms with Crippen molar-refractivity contribution in [3.8, 4) is 5.75 Å². The van der Waals surface area contributed by atoms with E-state index in [0.717, 1.165) is 38.0 Å². The summed E-state index contributed by atoms with van der Waals surface area (Å²) in [7, 11) is 1.34. The largest absolute Gasteiger partial charge is 0.486 e. The minimum Gasteiger partial charge on any atom is -0.486 e. The van der Waals surface area contributed by atoms with Crippen molar-refractivity contribution in [1.82, 2.24) is 4.90 Å². The Hall–Kier alpha value is -2.44. The van der Waals surface area contributed by atoms with Crippen LogP contribution in [0.25, 0.3) is 0 Å². The molecule has 0 aromatic heterocycles. The summed E-state index contributed by atoms with van der Waals surface area (Å²) in [6.45, 7) is 2.36. The standard InChI is InChI=1S/C22H24FNO4/c1-27-21(26)18-4-2-3-17-19(25)13-22(28-20(17)18)9-11-24(12-10-22)14-15-5-7-16(23)8-6-15/h2-8,19,25H,9-14H2,1H3. The molecule has 148 valence electrons. The molecule has 6 heteroatoms. The van der Waals surface area contributed by atoms with Crippen LogP contribution in [0.15, 0.2) is 42.5 Å². The van der Waals surface area contributed by atoms with Gasteiger partial charge < -0.3 is 14.6 Å². The SMILES string of the molecule is COC(=O)c1cccc2c1OC1(CCN(Cc3ccc(F)cc3)CC1)CC2O. The first kappa shape index (κ1) is 18.9. The van der Waals surface area contributed by atoms with Crippen LogP contribution in [-0.2, 0) is 11.3 Å². The van der Waals surface area contributed by atoms with E-state index in [2.05, 4.69) is 4.90 Å². The number of carbonyl (C=O) groups excluding carboxylic acids is 1. The predicted octanol–water partition coefficient (Wildman–Crippen LogP) is 3.46. The van der Waals surface area contributed by atoms with Gasteiger partial charge >= 0.3 is 5.97 Å². The minimum atomic E-state index is -0.669. The van der Waals surface area contributed by atoms with E-state index in [4.69, 9.17) is 9.47 Å². The van der Waals surface area contributed by atoms with E-state index in [0.29, 0.717) is 23.3 Å². The van der Waals surface area contributed by atoms with Gasteiger partial charge in [-0.2, -0.15) is 0 Å². The zero-order valence-electron chi connectivity index (χ0n) is 15.9. The number of para-hydroxylation sites is 1. The molecule has 0 aliphatic carbocycles. The van der Waals surface area contributed by atoms with Crippen LogP contribution in [0.2, 0.25) is 0 Å². The minimum absolute atomic E-state index is 0.231.